The van der Waals surface area contributed by atoms with E-state index in [0.29, 0.717) is 0 Å². The number of halogens is 4. The van der Waals surface area contributed by atoms with Gasteiger partial charge >= 0.3 is 0 Å². The fourth-order valence-electron chi connectivity index (χ4n) is 2.60. The zero-order valence-corrected chi connectivity index (χ0v) is 20.1. The molecule has 0 heterocycles. The van der Waals surface area contributed by atoms with Crippen LogP contribution in [0.1, 0.15) is 5.56 Å². The van der Waals surface area contributed by atoms with Crippen molar-refractivity contribution in [2.45, 2.75) is 10.6 Å². The highest BCUT2D eigenvalue weighted by molar-refractivity contribution is 7.92. The minimum absolute atomic E-state index is 0.0827. The van der Waals surface area contributed by atoms with Crippen LogP contribution in [0.2, 0.25) is 20.1 Å². The second-order valence-electron chi connectivity index (χ2n) is 6.35. The van der Waals surface area contributed by atoms with Crippen molar-refractivity contribution in [2.24, 2.45) is 0 Å². The largest absolute Gasteiger partial charge is 0.283 e. The number of nitrogens with one attached hydrogen (secondary N) is 2. The molecule has 0 radical (unpaired) electrons. The number of hydrogen-bond donors (Lipinski definition) is 2. The van der Waals surface area contributed by atoms with Gasteiger partial charge in [-0.25, -0.2) is 16.8 Å². The molecule has 0 amide bonds. The maximum absolute atomic E-state index is 12.6. The van der Waals surface area contributed by atoms with Crippen LogP contribution < -0.4 is 9.44 Å². The third-order valence-electron chi connectivity index (χ3n) is 3.95. The molecule has 0 fully saturated rings. The highest BCUT2D eigenvalue weighted by Crippen LogP contribution is 2.28. The summed E-state index contributed by atoms with van der Waals surface area (Å²) in [7, 11) is -7.80. The predicted octanol–water partition coefficient (Wildman–Crippen LogP) is 6.04. The summed E-state index contributed by atoms with van der Waals surface area (Å²) in [6, 6.07) is 14.1. The Morgan fingerprint density at radius 1 is 0.677 bits per heavy atom. The van der Waals surface area contributed by atoms with E-state index in [0.717, 1.165) is 0 Å². The molecule has 2 N–H and O–H groups in total. The SMILES string of the molecule is O=S(=O)(Cc1c(Cl)cccc1Cl)Nc1ccc(S(=O)(=O)Nc2cc(Cl)cc(Cl)c2)cc1. The molecule has 12 heteroatoms. The summed E-state index contributed by atoms with van der Waals surface area (Å²) < 4.78 is 54.8. The quantitative estimate of drug-likeness (QED) is 0.382. The van der Waals surface area contributed by atoms with Gasteiger partial charge in [0.25, 0.3) is 10.0 Å². The van der Waals surface area contributed by atoms with Gasteiger partial charge in [-0.1, -0.05) is 52.5 Å². The Morgan fingerprint density at radius 3 is 1.77 bits per heavy atom. The van der Waals surface area contributed by atoms with Crippen molar-refractivity contribution >= 4 is 77.8 Å². The van der Waals surface area contributed by atoms with Gasteiger partial charge < -0.3 is 0 Å². The first kappa shape index (κ1) is 24.0. The minimum Gasteiger partial charge on any atom is -0.283 e. The van der Waals surface area contributed by atoms with Gasteiger partial charge in [0.15, 0.2) is 0 Å². The average molecular weight is 540 g/mol. The van der Waals surface area contributed by atoms with Gasteiger partial charge in [0.05, 0.1) is 16.3 Å². The van der Waals surface area contributed by atoms with Gasteiger partial charge in [0.2, 0.25) is 10.0 Å². The van der Waals surface area contributed by atoms with Crippen molar-refractivity contribution < 1.29 is 16.8 Å². The van der Waals surface area contributed by atoms with Crippen molar-refractivity contribution in [1.82, 2.24) is 0 Å². The molecule has 0 saturated heterocycles. The highest BCUT2D eigenvalue weighted by Gasteiger charge is 2.18. The molecular weight excluding hydrogens is 526 g/mol. The monoisotopic (exact) mass is 538 g/mol. The highest BCUT2D eigenvalue weighted by atomic mass is 35.5. The van der Waals surface area contributed by atoms with Crippen LogP contribution in [0.3, 0.4) is 0 Å². The standard InChI is InChI=1S/C19H14Cl4N2O4S2/c20-12-8-13(21)10-15(9-12)25-31(28,29)16-6-4-14(5-7-16)24-30(26,27)11-17-18(22)2-1-3-19(17)23/h1-10,24-25H,11H2. The average Bonchev–Trinajstić information content (AvgIpc) is 2.64. The summed E-state index contributed by atoms with van der Waals surface area (Å²) >= 11 is 23.8. The first-order chi connectivity index (χ1) is 14.4. The summed E-state index contributed by atoms with van der Waals surface area (Å²) in [5, 5.41) is 1.00. The molecule has 0 aromatic heterocycles. The van der Waals surface area contributed by atoms with Gasteiger partial charge in [-0.05, 0) is 54.6 Å². The molecule has 164 valence electrons. The van der Waals surface area contributed by atoms with E-state index in [2.05, 4.69) is 9.44 Å². The molecule has 31 heavy (non-hydrogen) atoms. The Labute approximate surface area is 200 Å². The van der Waals surface area contributed by atoms with Crippen molar-refractivity contribution in [3.63, 3.8) is 0 Å². The molecule has 0 atom stereocenters. The van der Waals surface area contributed by atoms with E-state index < -0.39 is 25.8 Å². The number of sulfonamides is 2. The van der Waals surface area contributed by atoms with Crippen LogP contribution in [-0.4, -0.2) is 16.8 Å². The first-order valence-corrected chi connectivity index (χ1v) is 13.1. The van der Waals surface area contributed by atoms with Crippen LogP contribution in [0.25, 0.3) is 0 Å². The maximum Gasteiger partial charge on any atom is 0.261 e. The van der Waals surface area contributed by atoms with E-state index in [9.17, 15) is 16.8 Å². The van der Waals surface area contributed by atoms with Gasteiger partial charge in [-0.15, -0.1) is 0 Å². The van der Waals surface area contributed by atoms with Crippen molar-refractivity contribution in [3.8, 4) is 0 Å². The van der Waals surface area contributed by atoms with Crippen LogP contribution in [0.15, 0.2) is 65.6 Å². The van der Waals surface area contributed by atoms with Crippen molar-refractivity contribution in [3.05, 3.63) is 86.3 Å². The predicted molar refractivity (Wildman–Crippen MR) is 126 cm³/mol. The molecule has 0 aliphatic heterocycles. The molecule has 6 nitrogen and oxygen atoms in total. The zero-order valence-electron chi connectivity index (χ0n) is 15.4. The number of rotatable bonds is 7. The van der Waals surface area contributed by atoms with E-state index >= 15 is 0 Å². The summed E-state index contributed by atoms with van der Waals surface area (Å²) in [4.78, 5) is -0.0827. The molecule has 3 aromatic carbocycles. The summed E-state index contributed by atoms with van der Waals surface area (Å²) in [6.45, 7) is 0. The fraction of sp³-hybridized carbons (Fsp3) is 0.0526. The Kier molecular flexibility index (Phi) is 7.30. The lowest BCUT2D eigenvalue weighted by molar-refractivity contribution is 0.599. The molecule has 0 aliphatic carbocycles. The third kappa shape index (κ3) is 6.41. The van der Waals surface area contributed by atoms with Crippen molar-refractivity contribution in [1.29, 1.82) is 0 Å². The summed E-state index contributed by atoms with van der Waals surface area (Å²) in [5.74, 6) is -0.442. The fourth-order valence-corrected chi connectivity index (χ4v) is 6.12. The lowest BCUT2D eigenvalue weighted by atomic mass is 10.2. The van der Waals surface area contributed by atoms with Gasteiger partial charge in [0, 0.05) is 31.3 Å². The van der Waals surface area contributed by atoms with Crippen LogP contribution in [-0.2, 0) is 25.8 Å². The van der Waals surface area contributed by atoms with Crippen molar-refractivity contribution in [2.75, 3.05) is 9.44 Å². The topological polar surface area (TPSA) is 92.3 Å². The molecule has 0 spiro atoms. The normalized spacial score (nSPS) is 11.9. The second kappa shape index (κ2) is 9.44. The lowest BCUT2D eigenvalue weighted by Crippen LogP contribution is -2.16. The van der Waals surface area contributed by atoms with Gasteiger partial charge in [-0.2, -0.15) is 0 Å². The van der Waals surface area contributed by atoms with Gasteiger partial charge in [0.1, 0.15) is 0 Å². The molecule has 3 aromatic rings. The maximum atomic E-state index is 12.6. The molecule has 0 saturated carbocycles. The Hall–Kier alpha value is -1.68. The number of anilines is 2. The summed E-state index contributed by atoms with van der Waals surface area (Å²) in [6.07, 6.45) is 0. The Bertz CT molecular complexity index is 1290. The molecule has 0 unspecified atom stereocenters. The van der Waals surface area contributed by atoms with E-state index in [1.807, 2.05) is 0 Å². The Morgan fingerprint density at radius 2 is 1.23 bits per heavy atom. The van der Waals surface area contributed by atoms with E-state index in [1.165, 1.54) is 54.6 Å². The second-order valence-corrected chi connectivity index (χ2v) is 11.4. The van der Waals surface area contributed by atoms with Crippen LogP contribution in [0.4, 0.5) is 11.4 Å². The molecule has 3 rings (SSSR count). The molecule has 0 aliphatic rings. The van der Waals surface area contributed by atoms with E-state index in [1.54, 1.807) is 6.07 Å². The molecule has 0 bridgehead atoms. The minimum atomic E-state index is -3.95. The lowest BCUT2D eigenvalue weighted by Gasteiger charge is -2.12. The Balaban J connectivity index is 1.76. The van der Waals surface area contributed by atoms with Crippen LogP contribution in [0.5, 0.6) is 0 Å². The smallest absolute Gasteiger partial charge is 0.261 e. The van der Waals surface area contributed by atoms with Crippen LogP contribution >= 0.6 is 46.4 Å². The zero-order chi connectivity index (χ0) is 22.8. The number of hydrogen-bond acceptors (Lipinski definition) is 4. The first-order valence-electron chi connectivity index (χ1n) is 8.47. The van der Waals surface area contributed by atoms with E-state index in [4.69, 9.17) is 46.4 Å². The number of benzene rings is 3. The van der Waals surface area contributed by atoms with E-state index in [-0.39, 0.29) is 41.9 Å². The molecular formula is C19H14Cl4N2O4S2. The van der Waals surface area contributed by atoms with Gasteiger partial charge in [-0.3, -0.25) is 9.44 Å². The third-order valence-corrected chi connectivity index (χ3v) is 7.71. The van der Waals surface area contributed by atoms with Crippen LogP contribution in [0, 0.1) is 0 Å². The summed E-state index contributed by atoms with van der Waals surface area (Å²) in [5.41, 5.74) is 0.633.